The molecular formula is C11H23Cl2N3O2. The SMILES string of the molecule is CC(N)=NCC/C=C(/C)C[C@](C)(N)C(=O)O.Cl.Cl. The van der Waals surface area contributed by atoms with Crippen LogP contribution in [0.25, 0.3) is 0 Å². The summed E-state index contributed by atoms with van der Waals surface area (Å²) in [4.78, 5) is 14.8. The molecule has 0 unspecified atom stereocenters. The van der Waals surface area contributed by atoms with E-state index in [0.29, 0.717) is 18.8 Å². The summed E-state index contributed by atoms with van der Waals surface area (Å²) in [5.74, 6) is -0.434. The molecule has 0 aromatic rings. The van der Waals surface area contributed by atoms with Gasteiger partial charge in [0.05, 0.1) is 5.84 Å². The largest absolute Gasteiger partial charge is 0.480 e. The van der Waals surface area contributed by atoms with Crippen molar-refractivity contribution in [3.63, 3.8) is 0 Å². The first-order valence-corrected chi connectivity index (χ1v) is 5.20. The van der Waals surface area contributed by atoms with Gasteiger partial charge in [-0.3, -0.25) is 9.79 Å². The minimum atomic E-state index is -1.20. The summed E-state index contributed by atoms with van der Waals surface area (Å²) in [6.07, 6.45) is 3.03. The lowest BCUT2D eigenvalue weighted by atomic mass is 9.94. The number of carbonyl (C=O) groups is 1. The molecule has 0 saturated carbocycles. The number of carboxylic acids is 1. The summed E-state index contributed by atoms with van der Waals surface area (Å²) >= 11 is 0. The second-order valence-corrected chi connectivity index (χ2v) is 4.26. The topological polar surface area (TPSA) is 102 Å². The quantitative estimate of drug-likeness (QED) is 0.301. The van der Waals surface area contributed by atoms with Gasteiger partial charge in [-0.25, -0.2) is 0 Å². The van der Waals surface area contributed by atoms with E-state index in [2.05, 4.69) is 4.99 Å². The van der Waals surface area contributed by atoms with Crippen molar-refractivity contribution in [3.8, 4) is 0 Å². The van der Waals surface area contributed by atoms with E-state index in [1.807, 2.05) is 13.0 Å². The molecule has 0 aliphatic carbocycles. The molecule has 7 heteroatoms. The van der Waals surface area contributed by atoms with Gasteiger partial charge in [0.15, 0.2) is 0 Å². The van der Waals surface area contributed by atoms with E-state index in [0.717, 1.165) is 12.0 Å². The first-order valence-electron chi connectivity index (χ1n) is 5.20. The van der Waals surface area contributed by atoms with Crippen molar-refractivity contribution in [2.45, 2.75) is 39.2 Å². The second-order valence-electron chi connectivity index (χ2n) is 4.26. The zero-order valence-corrected chi connectivity index (χ0v) is 12.6. The molecule has 0 amide bonds. The van der Waals surface area contributed by atoms with E-state index in [1.165, 1.54) is 6.92 Å². The lowest BCUT2D eigenvalue weighted by Crippen LogP contribution is -2.44. The number of rotatable bonds is 6. The van der Waals surface area contributed by atoms with Crippen molar-refractivity contribution in [1.82, 2.24) is 0 Å². The molecule has 5 N–H and O–H groups in total. The Morgan fingerprint density at radius 3 is 2.28 bits per heavy atom. The Morgan fingerprint density at radius 2 is 1.89 bits per heavy atom. The molecule has 0 aliphatic heterocycles. The minimum absolute atomic E-state index is 0. The maximum absolute atomic E-state index is 10.8. The van der Waals surface area contributed by atoms with Gasteiger partial charge in [0, 0.05) is 6.54 Å². The van der Waals surface area contributed by atoms with Crippen molar-refractivity contribution in [2.75, 3.05) is 6.54 Å². The van der Waals surface area contributed by atoms with Crippen LogP contribution in [0.3, 0.4) is 0 Å². The van der Waals surface area contributed by atoms with E-state index in [9.17, 15) is 4.79 Å². The van der Waals surface area contributed by atoms with Crippen molar-refractivity contribution in [2.24, 2.45) is 16.5 Å². The normalized spacial score (nSPS) is 15.1. The number of hydrogen-bond acceptors (Lipinski definition) is 3. The molecule has 0 heterocycles. The number of aliphatic imine (C=N–C) groups is 1. The van der Waals surface area contributed by atoms with Gasteiger partial charge < -0.3 is 16.6 Å². The first-order chi connectivity index (χ1) is 7.25. The Labute approximate surface area is 121 Å². The third-order valence-electron chi connectivity index (χ3n) is 2.12. The van der Waals surface area contributed by atoms with Gasteiger partial charge >= 0.3 is 5.97 Å². The van der Waals surface area contributed by atoms with Crippen LogP contribution < -0.4 is 11.5 Å². The van der Waals surface area contributed by atoms with Crippen LogP contribution >= 0.6 is 24.8 Å². The van der Waals surface area contributed by atoms with Crippen LogP contribution in [0.5, 0.6) is 0 Å². The molecule has 0 radical (unpaired) electrons. The Morgan fingerprint density at radius 1 is 1.39 bits per heavy atom. The predicted octanol–water partition coefficient (Wildman–Crippen LogP) is 1.74. The Balaban J connectivity index is -0.00000112. The number of aliphatic carboxylic acids is 1. The van der Waals surface area contributed by atoms with Crippen molar-refractivity contribution >= 4 is 36.6 Å². The molecule has 0 saturated heterocycles. The highest BCUT2D eigenvalue weighted by Gasteiger charge is 2.27. The van der Waals surface area contributed by atoms with E-state index in [1.54, 1.807) is 6.92 Å². The Bertz CT molecular complexity index is 311. The number of halogens is 2. The fourth-order valence-corrected chi connectivity index (χ4v) is 1.28. The van der Waals surface area contributed by atoms with Crippen LogP contribution in [-0.4, -0.2) is 29.0 Å². The third-order valence-corrected chi connectivity index (χ3v) is 2.12. The first kappa shape index (κ1) is 22.4. The number of nitrogens with two attached hydrogens (primary N) is 2. The molecule has 0 spiro atoms. The molecule has 0 bridgehead atoms. The van der Waals surface area contributed by atoms with Crippen LogP contribution in [0, 0.1) is 0 Å². The van der Waals surface area contributed by atoms with E-state index in [-0.39, 0.29) is 24.8 Å². The zero-order chi connectivity index (χ0) is 12.8. The zero-order valence-electron chi connectivity index (χ0n) is 11.0. The summed E-state index contributed by atoms with van der Waals surface area (Å²) in [7, 11) is 0. The van der Waals surface area contributed by atoms with Crippen LogP contribution in [0.4, 0.5) is 0 Å². The summed E-state index contributed by atoms with van der Waals surface area (Å²) in [5.41, 5.74) is 10.8. The Kier molecular flexibility index (Phi) is 12.7. The van der Waals surface area contributed by atoms with Crippen LogP contribution in [0.2, 0.25) is 0 Å². The maximum Gasteiger partial charge on any atom is 0.323 e. The van der Waals surface area contributed by atoms with Crippen LogP contribution in [-0.2, 0) is 4.79 Å². The van der Waals surface area contributed by atoms with Gasteiger partial charge in [0.25, 0.3) is 0 Å². The van der Waals surface area contributed by atoms with E-state index in [4.69, 9.17) is 16.6 Å². The van der Waals surface area contributed by atoms with Crippen LogP contribution in [0.1, 0.15) is 33.6 Å². The molecule has 0 aliphatic rings. The highest BCUT2D eigenvalue weighted by molar-refractivity contribution is 5.85. The molecule has 18 heavy (non-hydrogen) atoms. The molecular weight excluding hydrogens is 277 g/mol. The fourth-order valence-electron chi connectivity index (χ4n) is 1.28. The molecule has 0 aromatic heterocycles. The molecule has 0 fully saturated rings. The molecule has 0 rings (SSSR count). The predicted molar refractivity (Wildman–Crippen MR) is 79.9 cm³/mol. The number of nitrogens with zero attached hydrogens (tertiary/aromatic N) is 1. The summed E-state index contributed by atoms with van der Waals surface area (Å²) in [6.45, 7) is 5.73. The monoisotopic (exact) mass is 299 g/mol. The average molecular weight is 300 g/mol. The summed E-state index contributed by atoms with van der Waals surface area (Å²) < 4.78 is 0. The number of hydrogen-bond donors (Lipinski definition) is 3. The van der Waals surface area contributed by atoms with Gasteiger partial charge in [0.2, 0.25) is 0 Å². The lowest BCUT2D eigenvalue weighted by Gasteiger charge is -2.19. The highest BCUT2D eigenvalue weighted by atomic mass is 35.5. The molecule has 1 atom stereocenters. The lowest BCUT2D eigenvalue weighted by molar-refractivity contribution is -0.142. The third kappa shape index (κ3) is 10.4. The smallest absolute Gasteiger partial charge is 0.323 e. The second kappa shape index (κ2) is 10.2. The maximum atomic E-state index is 10.8. The molecule has 0 aromatic carbocycles. The molecule has 108 valence electrons. The van der Waals surface area contributed by atoms with Gasteiger partial charge in [-0.15, -0.1) is 24.8 Å². The standard InChI is InChI=1S/C11H21N3O2.2ClH/c1-8(5-4-6-14-9(2)12)7-11(3,13)10(15)16;;/h5H,4,6-7,13H2,1-3H3,(H2,12,14)(H,15,16);2*1H/b8-5-;;/t11-;;/m0../s1. The van der Waals surface area contributed by atoms with Crippen molar-refractivity contribution < 1.29 is 9.90 Å². The highest BCUT2D eigenvalue weighted by Crippen LogP contribution is 2.14. The summed E-state index contributed by atoms with van der Waals surface area (Å²) in [5, 5.41) is 8.84. The number of carboxylic acid groups (broad SMARTS) is 1. The fraction of sp³-hybridized carbons (Fsp3) is 0.636. The van der Waals surface area contributed by atoms with Crippen LogP contribution in [0.15, 0.2) is 16.6 Å². The Hall–Kier alpha value is -0.780. The van der Waals surface area contributed by atoms with Gasteiger partial charge in [-0.2, -0.15) is 0 Å². The van der Waals surface area contributed by atoms with E-state index >= 15 is 0 Å². The molecule has 5 nitrogen and oxygen atoms in total. The van der Waals surface area contributed by atoms with Gasteiger partial charge in [-0.1, -0.05) is 11.6 Å². The van der Waals surface area contributed by atoms with Crippen molar-refractivity contribution in [1.29, 1.82) is 0 Å². The van der Waals surface area contributed by atoms with Crippen molar-refractivity contribution in [3.05, 3.63) is 11.6 Å². The minimum Gasteiger partial charge on any atom is -0.480 e. The summed E-state index contributed by atoms with van der Waals surface area (Å²) in [6, 6.07) is 0. The number of amidine groups is 1. The van der Waals surface area contributed by atoms with Gasteiger partial charge in [0.1, 0.15) is 5.54 Å². The van der Waals surface area contributed by atoms with Gasteiger partial charge in [-0.05, 0) is 33.6 Å². The average Bonchev–Trinajstić information content (AvgIpc) is 2.11. The van der Waals surface area contributed by atoms with E-state index < -0.39 is 11.5 Å².